The van der Waals surface area contributed by atoms with E-state index in [0.29, 0.717) is 28.7 Å². The predicted molar refractivity (Wildman–Crippen MR) is 102 cm³/mol. The van der Waals surface area contributed by atoms with Crippen LogP contribution in [0.2, 0.25) is 10.0 Å². The van der Waals surface area contributed by atoms with E-state index in [1.54, 1.807) is 19.2 Å². The highest BCUT2D eigenvalue weighted by Crippen LogP contribution is 2.34. The number of ether oxygens (including phenoxy) is 1. The van der Waals surface area contributed by atoms with E-state index in [4.69, 9.17) is 27.9 Å². The number of piperazine rings is 1. The summed E-state index contributed by atoms with van der Waals surface area (Å²) < 4.78 is 5.47. The molecular formula is C19H20Cl2N2O2. The second kappa shape index (κ2) is 7.54. The topological polar surface area (TPSA) is 32.8 Å². The third-order valence-corrected chi connectivity index (χ3v) is 5.21. The van der Waals surface area contributed by atoms with Gasteiger partial charge >= 0.3 is 0 Å². The molecule has 4 nitrogen and oxygen atoms in total. The molecule has 1 aliphatic rings. The number of hydrogen-bond donors (Lipinski definition) is 0. The SMILES string of the molecule is COc1cc(Cl)c(C)cc1N1CCN(C(=O)c2ccccc2Cl)CC1. The summed E-state index contributed by atoms with van der Waals surface area (Å²) in [6, 6.07) is 11.0. The summed E-state index contributed by atoms with van der Waals surface area (Å²) in [5.74, 6) is 0.728. The molecule has 0 radical (unpaired) electrons. The van der Waals surface area contributed by atoms with Gasteiger partial charge in [-0.2, -0.15) is 0 Å². The first-order valence-electron chi connectivity index (χ1n) is 8.14. The Balaban J connectivity index is 1.73. The van der Waals surface area contributed by atoms with Gasteiger partial charge in [0.05, 0.1) is 23.4 Å². The lowest BCUT2D eigenvalue weighted by Gasteiger charge is -2.37. The Morgan fingerprint density at radius 2 is 1.72 bits per heavy atom. The van der Waals surface area contributed by atoms with E-state index >= 15 is 0 Å². The van der Waals surface area contributed by atoms with Gasteiger partial charge in [0.2, 0.25) is 0 Å². The fraction of sp³-hybridized carbons (Fsp3) is 0.316. The lowest BCUT2D eigenvalue weighted by Crippen LogP contribution is -2.49. The van der Waals surface area contributed by atoms with Gasteiger partial charge in [-0.1, -0.05) is 35.3 Å². The highest BCUT2D eigenvalue weighted by molar-refractivity contribution is 6.33. The largest absolute Gasteiger partial charge is 0.495 e. The monoisotopic (exact) mass is 378 g/mol. The number of hydrogen-bond acceptors (Lipinski definition) is 3. The molecule has 0 spiro atoms. The quantitative estimate of drug-likeness (QED) is 0.799. The molecule has 0 bridgehead atoms. The molecule has 2 aromatic rings. The zero-order chi connectivity index (χ0) is 18.0. The lowest BCUT2D eigenvalue weighted by atomic mass is 10.1. The third-order valence-electron chi connectivity index (χ3n) is 4.47. The zero-order valence-corrected chi connectivity index (χ0v) is 15.8. The Bertz CT molecular complexity index is 787. The molecule has 0 saturated carbocycles. The summed E-state index contributed by atoms with van der Waals surface area (Å²) in [5.41, 5.74) is 2.57. The fourth-order valence-electron chi connectivity index (χ4n) is 3.01. The molecule has 6 heteroatoms. The van der Waals surface area contributed by atoms with E-state index in [1.807, 2.05) is 36.1 Å². The van der Waals surface area contributed by atoms with Crippen molar-refractivity contribution in [3.05, 3.63) is 57.6 Å². The van der Waals surface area contributed by atoms with Crippen LogP contribution in [0.15, 0.2) is 36.4 Å². The maximum absolute atomic E-state index is 12.7. The second-order valence-corrected chi connectivity index (χ2v) is 6.85. The van der Waals surface area contributed by atoms with E-state index in [2.05, 4.69) is 4.90 Å². The van der Waals surface area contributed by atoms with Crippen molar-refractivity contribution in [2.24, 2.45) is 0 Å². The number of carbonyl (C=O) groups is 1. The molecule has 1 saturated heterocycles. The molecule has 0 aromatic heterocycles. The summed E-state index contributed by atoms with van der Waals surface area (Å²) in [7, 11) is 1.64. The summed E-state index contributed by atoms with van der Waals surface area (Å²) in [4.78, 5) is 16.7. The average Bonchev–Trinajstić information content (AvgIpc) is 2.63. The second-order valence-electron chi connectivity index (χ2n) is 6.03. The molecule has 1 heterocycles. The van der Waals surface area contributed by atoms with Crippen LogP contribution < -0.4 is 9.64 Å². The van der Waals surface area contributed by atoms with Gasteiger partial charge in [-0.3, -0.25) is 4.79 Å². The van der Waals surface area contributed by atoms with Crippen molar-refractivity contribution in [2.75, 3.05) is 38.2 Å². The first-order chi connectivity index (χ1) is 12.0. The van der Waals surface area contributed by atoms with Crippen molar-refractivity contribution in [3.8, 4) is 5.75 Å². The minimum atomic E-state index is -0.0236. The van der Waals surface area contributed by atoms with Gasteiger partial charge in [-0.05, 0) is 30.7 Å². The van der Waals surface area contributed by atoms with Gasteiger partial charge in [-0.25, -0.2) is 0 Å². The molecule has 0 aliphatic carbocycles. The Hall–Kier alpha value is -1.91. The van der Waals surface area contributed by atoms with Crippen LogP contribution in [-0.2, 0) is 0 Å². The van der Waals surface area contributed by atoms with E-state index in [-0.39, 0.29) is 5.91 Å². The van der Waals surface area contributed by atoms with E-state index in [0.717, 1.165) is 30.1 Å². The maximum atomic E-state index is 12.7. The van der Waals surface area contributed by atoms with Crippen molar-refractivity contribution in [1.82, 2.24) is 4.90 Å². The molecular weight excluding hydrogens is 359 g/mol. The van der Waals surface area contributed by atoms with E-state index in [1.165, 1.54) is 0 Å². The van der Waals surface area contributed by atoms with Crippen molar-refractivity contribution < 1.29 is 9.53 Å². The van der Waals surface area contributed by atoms with Crippen LogP contribution in [-0.4, -0.2) is 44.1 Å². The molecule has 25 heavy (non-hydrogen) atoms. The highest BCUT2D eigenvalue weighted by atomic mass is 35.5. The molecule has 1 aliphatic heterocycles. The number of aryl methyl sites for hydroxylation is 1. The molecule has 0 N–H and O–H groups in total. The van der Waals surface area contributed by atoms with Crippen LogP contribution in [0.5, 0.6) is 5.75 Å². The Morgan fingerprint density at radius 1 is 1.04 bits per heavy atom. The molecule has 3 rings (SSSR count). The molecule has 1 fully saturated rings. The number of amides is 1. The van der Waals surface area contributed by atoms with Crippen LogP contribution in [0.25, 0.3) is 0 Å². The summed E-state index contributed by atoms with van der Waals surface area (Å²) in [5, 5.41) is 1.18. The normalized spacial score (nSPS) is 14.6. The summed E-state index contributed by atoms with van der Waals surface area (Å²) >= 11 is 12.3. The zero-order valence-electron chi connectivity index (χ0n) is 14.3. The van der Waals surface area contributed by atoms with Crippen molar-refractivity contribution in [1.29, 1.82) is 0 Å². The number of anilines is 1. The average molecular weight is 379 g/mol. The minimum absolute atomic E-state index is 0.0236. The first-order valence-corrected chi connectivity index (χ1v) is 8.89. The summed E-state index contributed by atoms with van der Waals surface area (Å²) in [6.07, 6.45) is 0. The van der Waals surface area contributed by atoms with Gasteiger partial charge < -0.3 is 14.5 Å². The van der Waals surface area contributed by atoms with Crippen molar-refractivity contribution in [2.45, 2.75) is 6.92 Å². The third kappa shape index (κ3) is 3.70. The molecule has 2 aromatic carbocycles. The summed E-state index contributed by atoms with van der Waals surface area (Å²) in [6.45, 7) is 4.70. The van der Waals surface area contributed by atoms with Gasteiger partial charge in [0, 0.05) is 37.3 Å². The highest BCUT2D eigenvalue weighted by Gasteiger charge is 2.25. The Morgan fingerprint density at radius 3 is 2.36 bits per heavy atom. The number of halogens is 2. The molecule has 132 valence electrons. The van der Waals surface area contributed by atoms with Crippen LogP contribution in [0, 0.1) is 6.92 Å². The van der Waals surface area contributed by atoms with Crippen LogP contribution in [0.4, 0.5) is 5.69 Å². The fourth-order valence-corrected chi connectivity index (χ4v) is 3.38. The van der Waals surface area contributed by atoms with Crippen molar-refractivity contribution in [3.63, 3.8) is 0 Å². The Kier molecular flexibility index (Phi) is 5.40. The van der Waals surface area contributed by atoms with Crippen LogP contribution in [0.3, 0.4) is 0 Å². The number of carbonyl (C=O) groups excluding carboxylic acids is 1. The maximum Gasteiger partial charge on any atom is 0.255 e. The standard InChI is InChI=1S/C19H20Cl2N2O2/c1-13-11-17(18(25-2)12-16(13)21)22-7-9-23(10-8-22)19(24)14-5-3-4-6-15(14)20/h3-6,11-12H,7-10H2,1-2H3. The van der Waals surface area contributed by atoms with Crippen LogP contribution in [0.1, 0.15) is 15.9 Å². The predicted octanol–water partition coefficient (Wildman–Crippen LogP) is 4.27. The number of rotatable bonds is 3. The molecule has 1 amide bonds. The number of benzene rings is 2. The van der Waals surface area contributed by atoms with E-state index in [9.17, 15) is 4.79 Å². The Labute approximate surface area is 157 Å². The molecule has 0 atom stereocenters. The minimum Gasteiger partial charge on any atom is -0.495 e. The van der Waals surface area contributed by atoms with Gasteiger partial charge in [0.15, 0.2) is 0 Å². The first kappa shape index (κ1) is 17.9. The smallest absolute Gasteiger partial charge is 0.255 e. The van der Waals surface area contributed by atoms with Gasteiger partial charge in [0.1, 0.15) is 5.75 Å². The lowest BCUT2D eigenvalue weighted by molar-refractivity contribution is 0.0747. The van der Waals surface area contributed by atoms with Crippen LogP contribution >= 0.6 is 23.2 Å². The molecule has 0 unspecified atom stereocenters. The van der Waals surface area contributed by atoms with Crippen molar-refractivity contribution >= 4 is 34.8 Å². The van der Waals surface area contributed by atoms with Gasteiger partial charge in [-0.15, -0.1) is 0 Å². The number of nitrogens with zero attached hydrogens (tertiary/aromatic N) is 2. The van der Waals surface area contributed by atoms with E-state index < -0.39 is 0 Å². The van der Waals surface area contributed by atoms with Gasteiger partial charge in [0.25, 0.3) is 5.91 Å². The number of methoxy groups -OCH3 is 1.